The number of alkyl halides is 1. The lowest BCUT2D eigenvalue weighted by Crippen LogP contribution is -2.52. The molecule has 2 aliphatic heterocycles. The van der Waals surface area contributed by atoms with E-state index in [2.05, 4.69) is 28.1 Å². The number of halogens is 1. The van der Waals surface area contributed by atoms with Crippen LogP contribution in [0.2, 0.25) is 0 Å². The molecule has 0 aromatic heterocycles. The molecule has 0 bridgehead atoms. The monoisotopic (exact) mass is 706 g/mol. The molecule has 0 aliphatic carbocycles. The highest BCUT2D eigenvalue weighted by Crippen LogP contribution is 2.36. The van der Waals surface area contributed by atoms with E-state index >= 15 is 0 Å². The first kappa shape index (κ1) is 35.2. The lowest BCUT2D eigenvalue weighted by atomic mass is 9.88. The molecule has 4 amide bonds. The molecule has 6 rings (SSSR count). The van der Waals surface area contributed by atoms with Crippen LogP contribution in [0.25, 0.3) is 11.1 Å². The Hall–Kier alpha value is -5.61. The third-order valence-electron chi connectivity index (χ3n) is 9.01. The van der Waals surface area contributed by atoms with Crippen molar-refractivity contribution in [3.05, 3.63) is 125 Å². The van der Waals surface area contributed by atoms with Crippen molar-refractivity contribution >= 4 is 52.1 Å². The maximum Gasteiger partial charge on any atom is 0.255 e. The van der Waals surface area contributed by atoms with Crippen LogP contribution in [0.1, 0.15) is 58.3 Å². The number of phenolic OH excluding ortho intramolecular Hbond substituents is 1. The smallest absolute Gasteiger partial charge is 0.255 e. The Morgan fingerprint density at radius 1 is 0.863 bits per heavy atom. The zero-order chi connectivity index (χ0) is 35.7. The average molecular weight is 707 g/mol. The maximum absolute atomic E-state index is 13.1. The molecule has 1 atom stereocenters. The van der Waals surface area contributed by atoms with E-state index in [1.165, 1.54) is 4.90 Å². The second kappa shape index (κ2) is 16.4. The van der Waals surface area contributed by atoms with Gasteiger partial charge in [0.2, 0.25) is 17.7 Å². The molecule has 0 radical (unpaired) electrons. The van der Waals surface area contributed by atoms with Crippen LogP contribution in [0.15, 0.2) is 97.1 Å². The summed E-state index contributed by atoms with van der Waals surface area (Å²) in [5.41, 5.74) is 7.15. The van der Waals surface area contributed by atoms with Gasteiger partial charge in [0.15, 0.2) is 0 Å². The number of fused-ring (bicyclic) bond motifs is 1. The van der Waals surface area contributed by atoms with Crippen molar-refractivity contribution in [2.75, 3.05) is 30.9 Å². The van der Waals surface area contributed by atoms with Gasteiger partial charge in [-0.3, -0.25) is 24.5 Å². The number of nitrogens with zero attached hydrogens (tertiary/aromatic N) is 1. The molecule has 10 nitrogen and oxygen atoms in total. The van der Waals surface area contributed by atoms with Crippen LogP contribution in [-0.2, 0) is 20.9 Å². The lowest BCUT2D eigenvalue weighted by Gasteiger charge is -2.29. The number of rotatable bonds is 14. The van der Waals surface area contributed by atoms with Crippen molar-refractivity contribution in [3.8, 4) is 11.5 Å². The second-order valence-electron chi connectivity index (χ2n) is 12.3. The van der Waals surface area contributed by atoms with E-state index in [-0.39, 0.29) is 49.5 Å². The lowest BCUT2D eigenvalue weighted by molar-refractivity contribution is -0.137. The Bertz CT molecular complexity index is 1930. The van der Waals surface area contributed by atoms with Crippen LogP contribution < -0.4 is 20.7 Å². The number of anilines is 1. The summed E-state index contributed by atoms with van der Waals surface area (Å²) < 4.78 is 5.93. The topological polar surface area (TPSA) is 137 Å². The van der Waals surface area contributed by atoms with E-state index in [4.69, 9.17) is 16.3 Å². The number of ether oxygens (including phenoxy) is 1. The Kier molecular flexibility index (Phi) is 11.3. The molecule has 4 aromatic carbocycles. The molecule has 0 saturated carbocycles. The van der Waals surface area contributed by atoms with Crippen molar-refractivity contribution in [2.45, 2.75) is 38.3 Å². The number of imide groups is 1. The van der Waals surface area contributed by atoms with Crippen LogP contribution in [0.5, 0.6) is 11.5 Å². The molecule has 262 valence electrons. The SMILES string of the molecule is O=C(CCNc1cccc2c1CN(C1CCC(=O)NC1=O)C2=O)NCCOc1ccc(C(=C(CCCl)c2ccccc2)c2ccc(O)cc2)cc1. The number of piperidine rings is 1. The van der Waals surface area contributed by atoms with Crippen LogP contribution in [0, 0.1) is 0 Å². The predicted octanol–water partition coefficient (Wildman–Crippen LogP) is 5.74. The van der Waals surface area contributed by atoms with Gasteiger partial charge in [0.1, 0.15) is 24.1 Å². The molecule has 4 aromatic rings. The molecule has 4 N–H and O–H groups in total. The minimum atomic E-state index is -0.685. The summed E-state index contributed by atoms with van der Waals surface area (Å²) in [6.07, 6.45) is 1.36. The van der Waals surface area contributed by atoms with Gasteiger partial charge in [0.05, 0.1) is 6.54 Å². The van der Waals surface area contributed by atoms with Crippen LogP contribution in [0.3, 0.4) is 0 Å². The number of allylic oxidation sites excluding steroid dienone is 1. The first-order valence-corrected chi connectivity index (χ1v) is 17.5. The number of nitrogens with one attached hydrogen (secondary N) is 3. The van der Waals surface area contributed by atoms with Crippen LogP contribution >= 0.6 is 11.6 Å². The fourth-order valence-corrected chi connectivity index (χ4v) is 6.71. The molecular weight excluding hydrogens is 668 g/mol. The van der Waals surface area contributed by atoms with Crippen molar-refractivity contribution in [2.24, 2.45) is 0 Å². The van der Waals surface area contributed by atoms with Gasteiger partial charge in [-0.05, 0) is 77.1 Å². The third kappa shape index (κ3) is 8.41. The highest BCUT2D eigenvalue weighted by molar-refractivity contribution is 6.18. The number of benzene rings is 4. The van der Waals surface area contributed by atoms with Crippen LogP contribution in [-0.4, -0.2) is 65.3 Å². The maximum atomic E-state index is 13.1. The van der Waals surface area contributed by atoms with E-state index in [1.807, 2.05) is 60.7 Å². The van der Waals surface area contributed by atoms with E-state index < -0.39 is 11.9 Å². The van der Waals surface area contributed by atoms with E-state index in [0.717, 1.165) is 39.1 Å². The number of carbonyl (C=O) groups excluding carboxylic acids is 4. The Morgan fingerprint density at radius 2 is 1.59 bits per heavy atom. The zero-order valence-electron chi connectivity index (χ0n) is 28.0. The fourth-order valence-electron chi connectivity index (χ4n) is 6.52. The zero-order valence-corrected chi connectivity index (χ0v) is 28.7. The summed E-state index contributed by atoms with van der Waals surface area (Å²) in [4.78, 5) is 51.1. The second-order valence-corrected chi connectivity index (χ2v) is 12.7. The summed E-state index contributed by atoms with van der Waals surface area (Å²) in [5.74, 6) is 0.146. The molecule has 2 aliphatic rings. The Morgan fingerprint density at radius 3 is 2.29 bits per heavy atom. The van der Waals surface area contributed by atoms with Crippen LogP contribution in [0.4, 0.5) is 5.69 Å². The minimum Gasteiger partial charge on any atom is -0.508 e. The largest absolute Gasteiger partial charge is 0.508 e. The highest BCUT2D eigenvalue weighted by Gasteiger charge is 2.39. The first-order valence-electron chi connectivity index (χ1n) is 17.0. The van der Waals surface area contributed by atoms with E-state index in [1.54, 1.807) is 24.3 Å². The molecule has 1 fully saturated rings. The Labute approximate surface area is 301 Å². The normalized spacial score (nSPS) is 15.9. The summed E-state index contributed by atoms with van der Waals surface area (Å²) >= 11 is 6.27. The van der Waals surface area contributed by atoms with Crippen molar-refractivity contribution in [3.63, 3.8) is 0 Å². The number of hydrogen-bond acceptors (Lipinski definition) is 7. The van der Waals surface area contributed by atoms with Gasteiger partial charge < -0.3 is 25.4 Å². The molecule has 1 saturated heterocycles. The number of hydrogen-bond donors (Lipinski definition) is 4. The number of phenols is 1. The molecule has 11 heteroatoms. The number of amides is 4. The molecule has 2 heterocycles. The van der Waals surface area contributed by atoms with Gasteiger partial charge in [-0.2, -0.15) is 0 Å². The standard InChI is InChI=1S/C40H39ClN4O6/c41-21-19-31(26-5-2-1-3-6-26)38(27-9-13-29(46)14-10-27)28-11-15-30(16-12-28)51-24-23-43-36(47)20-22-42-34-8-4-7-32-33(34)25-45(40(32)50)35-17-18-37(48)44-39(35)49/h1-16,35,42,46H,17-25H2,(H,43,47)(H,44,48,49). The van der Waals surface area contributed by atoms with Gasteiger partial charge in [-0.1, -0.05) is 60.7 Å². The molecular formula is C40H39ClN4O6. The van der Waals surface area contributed by atoms with Gasteiger partial charge in [-0.15, -0.1) is 11.6 Å². The minimum absolute atomic E-state index is 0.147. The van der Waals surface area contributed by atoms with Gasteiger partial charge >= 0.3 is 0 Å². The van der Waals surface area contributed by atoms with Crippen molar-refractivity contribution in [1.82, 2.24) is 15.5 Å². The van der Waals surface area contributed by atoms with E-state index in [0.29, 0.717) is 43.1 Å². The summed E-state index contributed by atoms with van der Waals surface area (Å²) in [5, 5.41) is 18.4. The fraction of sp³-hybridized carbons (Fsp3) is 0.250. The van der Waals surface area contributed by atoms with E-state index in [9.17, 15) is 24.3 Å². The third-order valence-corrected chi connectivity index (χ3v) is 9.20. The molecule has 51 heavy (non-hydrogen) atoms. The molecule has 0 spiro atoms. The molecule has 1 unspecified atom stereocenters. The van der Waals surface area contributed by atoms with Gasteiger partial charge in [-0.25, -0.2) is 0 Å². The van der Waals surface area contributed by atoms with Crippen molar-refractivity contribution < 1.29 is 29.0 Å². The number of aromatic hydroxyl groups is 1. The predicted molar refractivity (Wildman–Crippen MR) is 196 cm³/mol. The van der Waals surface area contributed by atoms with Gasteiger partial charge in [0.25, 0.3) is 5.91 Å². The highest BCUT2D eigenvalue weighted by atomic mass is 35.5. The number of carbonyl (C=O) groups is 4. The summed E-state index contributed by atoms with van der Waals surface area (Å²) in [6, 6.07) is 29.7. The van der Waals surface area contributed by atoms with Gasteiger partial charge in [0, 0.05) is 48.6 Å². The quantitative estimate of drug-likeness (QED) is 0.0568. The Balaban J connectivity index is 1.00. The average Bonchev–Trinajstić information content (AvgIpc) is 3.48. The first-order chi connectivity index (χ1) is 24.8. The van der Waals surface area contributed by atoms with Crippen molar-refractivity contribution in [1.29, 1.82) is 0 Å². The summed E-state index contributed by atoms with van der Waals surface area (Å²) in [6.45, 7) is 1.21. The summed E-state index contributed by atoms with van der Waals surface area (Å²) in [7, 11) is 0.